The molecule has 1 N–H and O–H groups in total. The van der Waals surface area contributed by atoms with Crippen LogP contribution in [0, 0.1) is 0 Å². The topological polar surface area (TPSA) is 34.0 Å². The second-order valence-corrected chi connectivity index (χ2v) is 5.14. The maximum absolute atomic E-state index is 14.3. The van der Waals surface area contributed by atoms with Gasteiger partial charge in [-0.1, -0.05) is 29.8 Å². The Kier molecular flexibility index (Phi) is 3.94. The number of hydrogen-bond acceptors (Lipinski definition) is 1. The Morgan fingerprint density at radius 3 is 2.59 bits per heavy atom. The van der Waals surface area contributed by atoms with Gasteiger partial charge in [0.05, 0.1) is 11.6 Å². The number of hydrogen-bond donors (Lipinski definition) is 1. The van der Waals surface area contributed by atoms with Crippen molar-refractivity contribution in [1.82, 2.24) is 4.57 Å². The van der Waals surface area contributed by atoms with Crippen molar-refractivity contribution in [2.45, 2.75) is 0 Å². The van der Waals surface area contributed by atoms with Gasteiger partial charge in [-0.2, -0.15) is 4.39 Å². The van der Waals surface area contributed by atoms with Gasteiger partial charge in [0.2, 0.25) is 5.95 Å². The molecular weight excluding hydrogens is 303 g/mol. The molecule has 3 aromatic rings. The number of rotatable bonds is 3. The van der Waals surface area contributed by atoms with Gasteiger partial charge in [-0.15, -0.1) is 0 Å². The fourth-order valence-corrected chi connectivity index (χ4v) is 2.28. The van der Waals surface area contributed by atoms with E-state index in [1.165, 1.54) is 4.57 Å². The molecular formula is C17H12ClFN2O. The number of aromatic nitrogens is 1. The maximum atomic E-state index is 14.3. The van der Waals surface area contributed by atoms with Crippen molar-refractivity contribution in [3.63, 3.8) is 0 Å². The summed E-state index contributed by atoms with van der Waals surface area (Å²) in [6.45, 7) is 0. The normalized spacial score (nSPS) is 11.6. The van der Waals surface area contributed by atoms with Gasteiger partial charge in [-0.25, -0.2) is 0 Å². The largest absolute Gasteiger partial charge is 0.322 e. The third-order valence-electron chi connectivity index (χ3n) is 3.19. The van der Waals surface area contributed by atoms with Crippen LogP contribution in [-0.2, 0) is 4.79 Å². The molecule has 0 aliphatic heterocycles. The number of carbonyl (C=O) groups excluding carboxylic acids is 1. The van der Waals surface area contributed by atoms with E-state index in [9.17, 15) is 9.18 Å². The van der Waals surface area contributed by atoms with Gasteiger partial charge in [0.15, 0.2) is 0 Å². The molecule has 0 radical (unpaired) electrons. The molecule has 2 aromatic carbocycles. The highest BCUT2D eigenvalue weighted by Gasteiger charge is 2.07. The quantitative estimate of drug-likeness (QED) is 0.698. The minimum Gasteiger partial charge on any atom is -0.322 e. The van der Waals surface area contributed by atoms with Gasteiger partial charge in [-0.05, 0) is 36.4 Å². The van der Waals surface area contributed by atoms with E-state index in [0.29, 0.717) is 16.2 Å². The molecule has 1 aromatic heterocycles. The second kappa shape index (κ2) is 6.03. The molecule has 1 heterocycles. The number of nitrogens with zero attached hydrogens (tertiary/aromatic N) is 1. The zero-order chi connectivity index (χ0) is 15.5. The Hall–Kier alpha value is -2.59. The summed E-state index contributed by atoms with van der Waals surface area (Å²) in [6.07, 6.45) is 2.51. The summed E-state index contributed by atoms with van der Waals surface area (Å²) >= 11 is 5.77. The van der Waals surface area contributed by atoms with Gasteiger partial charge in [0, 0.05) is 22.3 Å². The molecule has 110 valence electrons. The highest BCUT2D eigenvalue weighted by Crippen LogP contribution is 2.20. The number of fused-ring (bicyclic) bond motifs is 1. The SMILES string of the molecule is O=C(C=C(F)n1ccc2ccccc21)Nc1ccc(Cl)cc1. The van der Waals surface area contributed by atoms with Gasteiger partial charge in [0.25, 0.3) is 5.91 Å². The Morgan fingerprint density at radius 1 is 1.09 bits per heavy atom. The highest BCUT2D eigenvalue weighted by molar-refractivity contribution is 6.30. The highest BCUT2D eigenvalue weighted by atomic mass is 35.5. The Balaban J connectivity index is 1.81. The van der Waals surface area contributed by atoms with Gasteiger partial charge < -0.3 is 5.32 Å². The summed E-state index contributed by atoms with van der Waals surface area (Å²) in [5.41, 5.74) is 1.26. The molecule has 0 fully saturated rings. The zero-order valence-corrected chi connectivity index (χ0v) is 12.2. The number of benzene rings is 2. The third kappa shape index (κ3) is 3.02. The molecule has 22 heavy (non-hydrogen) atoms. The first-order valence-electron chi connectivity index (χ1n) is 6.64. The van der Waals surface area contributed by atoms with E-state index in [4.69, 9.17) is 11.6 Å². The lowest BCUT2D eigenvalue weighted by molar-refractivity contribution is -0.111. The molecule has 0 bridgehead atoms. The van der Waals surface area contributed by atoms with E-state index < -0.39 is 11.9 Å². The first-order chi connectivity index (χ1) is 10.6. The summed E-state index contributed by atoms with van der Waals surface area (Å²) in [5.74, 6) is -1.19. The van der Waals surface area contributed by atoms with E-state index in [1.54, 1.807) is 42.6 Å². The van der Waals surface area contributed by atoms with Crippen LogP contribution in [0.2, 0.25) is 5.02 Å². The summed E-state index contributed by atoms with van der Waals surface area (Å²) < 4.78 is 15.6. The smallest absolute Gasteiger partial charge is 0.252 e. The van der Waals surface area contributed by atoms with Crippen molar-refractivity contribution < 1.29 is 9.18 Å². The van der Waals surface area contributed by atoms with E-state index in [-0.39, 0.29) is 0 Å². The molecule has 5 heteroatoms. The number of halogens is 2. The minimum atomic E-state index is -0.646. The summed E-state index contributed by atoms with van der Waals surface area (Å²) in [6, 6.07) is 15.8. The van der Waals surface area contributed by atoms with E-state index in [2.05, 4.69) is 5.32 Å². The molecule has 0 spiro atoms. The number of amides is 1. The number of carbonyl (C=O) groups is 1. The number of nitrogens with one attached hydrogen (secondary N) is 1. The van der Waals surface area contributed by atoms with Crippen LogP contribution in [0.5, 0.6) is 0 Å². The third-order valence-corrected chi connectivity index (χ3v) is 3.44. The fourth-order valence-electron chi connectivity index (χ4n) is 2.16. The lowest BCUT2D eigenvalue weighted by Gasteiger charge is -2.04. The molecule has 0 aliphatic carbocycles. The van der Waals surface area contributed by atoms with Crippen LogP contribution < -0.4 is 5.32 Å². The van der Waals surface area contributed by atoms with Crippen LogP contribution in [0.1, 0.15) is 0 Å². The number of anilines is 1. The molecule has 1 amide bonds. The Morgan fingerprint density at radius 2 is 1.82 bits per heavy atom. The molecule has 3 rings (SSSR count). The molecule has 0 atom stereocenters. The minimum absolute atomic E-state index is 0.544. The first kappa shape index (κ1) is 14.4. The van der Waals surface area contributed by atoms with Crippen molar-refractivity contribution in [2.24, 2.45) is 0 Å². The van der Waals surface area contributed by atoms with Crippen molar-refractivity contribution in [1.29, 1.82) is 0 Å². The standard InChI is InChI=1S/C17H12ClFN2O/c18-13-5-7-14(8-6-13)20-17(22)11-16(19)21-10-9-12-3-1-2-4-15(12)21/h1-11H,(H,20,22). The van der Waals surface area contributed by atoms with Crippen LogP contribution in [0.15, 0.2) is 66.9 Å². The maximum Gasteiger partial charge on any atom is 0.252 e. The number of para-hydroxylation sites is 1. The Bertz CT molecular complexity index is 852. The van der Waals surface area contributed by atoms with Crippen LogP contribution in [-0.4, -0.2) is 10.5 Å². The van der Waals surface area contributed by atoms with E-state index >= 15 is 0 Å². The molecule has 3 nitrogen and oxygen atoms in total. The predicted octanol–water partition coefficient (Wildman–Crippen LogP) is 4.70. The molecule has 0 aliphatic rings. The molecule has 0 saturated carbocycles. The van der Waals surface area contributed by atoms with E-state index in [0.717, 1.165) is 11.5 Å². The lowest BCUT2D eigenvalue weighted by atomic mass is 10.2. The molecule has 0 unspecified atom stereocenters. The predicted molar refractivity (Wildman–Crippen MR) is 87.4 cm³/mol. The monoisotopic (exact) mass is 314 g/mol. The van der Waals surface area contributed by atoms with Crippen LogP contribution in [0.3, 0.4) is 0 Å². The zero-order valence-electron chi connectivity index (χ0n) is 11.5. The lowest BCUT2D eigenvalue weighted by Crippen LogP contribution is -2.09. The van der Waals surface area contributed by atoms with Crippen molar-refractivity contribution >= 4 is 40.0 Å². The molecule has 0 saturated heterocycles. The van der Waals surface area contributed by atoms with Gasteiger partial charge in [-0.3, -0.25) is 9.36 Å². The van der Waals surface area contributed by atoms with Gasteiger partial charge >= 0.3 is 0 Å². The fraction of sp³-hybridized carbons (Fsp3) is 0. The van der Waals surface area contributed by atoms with Crippen molar-refractivity contribution in [2.75, 3.05) is 5.32 Å². The van der Waals surface area contributed by atoms with Crippen LogP contribution in [0.25, 0.3) is 16.9 Å². The van der Waals surface area contributed by atoms with Crippen LogP contribution >= 0.6 is 11.6 Å². The van der Waals surface area contributed by atoms with Crippen molar-refractivity contribution in [3.05, 3.63) is 71.9 Å². The Labute approximate surface area is 131 Å². The van der Waals surface area contributed by atoms with Crippen LogP contribution in [0.4, 0.5) is 10.1 Å². The first-order valence-corrected chi connectivity index (χ1v) is 7.01. The average Bonchev–Trinajstić information content (AvgIpc) is 2.93. The second-order valence-electron chi connectivity index (χ2n) is 4.71. The summed E-state index contributed by atoms with van der Waals surface area (Å²) in [5, 5.41) is 4.06. The average molecular weight is 315 g/mol. The van der Waals surface area contributed by atoms with Gasteiger partial charge in [0.1, 0.15) is 0 Å². The summed E-state index contributed by atoms with van der Waals surface area (Å²) in [7, 11) is 0. The van der Waals surface area contributed by atoms with E-state index in [1.807, 2.05) is 18.2 Å². The summed E-state index contributed by atoms with van der Waals surface area (Å²) in [4.78, 5) is 11.9. The van der Waals surface area contributed by atoms with Crippen molar-refractivity contribution in [3.8, 4) is 0 Å².